The molecule has 1 aromatic heterocycles. The predicted molar refractivity (Wildman–Crippen MR) is 125 cm³/mol. The molecular formula is C24H34N5O2S+. The highest BCUT2D eigenvalue weighted by Gasteiger charge is 2.29. The third-order valence-electron chi connectivity index (χ3n) is 6.81. The molecule has 32 heavy (non-hydrogen) atoms. The van der Waals surface area contributed by atoms with Gasteiger partial charge in [0.05, 0.1) is 19.6 Å². The van der Waals surface area contributed by atoms with Crippen LogP contribution in [0.25, 0.3) is 0 Å². The van der Waals surface area contributed by atoms with E-state index in [-0.39, 0.29) is 17.6 Å². The van der Waals surface area contributed by atoms with Crippen molar-refractivity contribution >= 4 is 23.9 Å². The van der Waals surface area contributed by atoms with Crippen LogP contribution in [-0.4, -0.2) is 50.6 Å². The second kappa shape index (κ2) is 10.5. The van der Waals surface area contributed by atoms with Gasteiger partial charge in [-0.05, 0) is 32.0 Å². The van der Waals surface area contributed by atoms with Gasteiger partial charge < -0.3 is 14.4 Å². The summed E-state index contributed by atoms with van der Waals surface area (Å²) < 4.78 is 4.70. The molecule has 2 aliphatic rings. The molecule has 0 atom stereocenters. The summed E-state index contributed by atoms with van der Waals surface area (Å²) in [7, 11) is 0. The molecule has 172 valence electrons. The van der Waals surface area contributed by atoms with Crippen LogP contribution in [-0.2, 0) is 24.6 Å². The molecule has 7 nitrogen and oxygen atoms in total. The highest BCUT2D eigenvalue weighted by atomic mass is 32.1. The van der Waals surface area contributed by atoms with Crippen LogP contribution < -0.4 is 4.90 Å². The smallest absolute Gasteiger partial charge is 0.222 e. The maximum Gasteiger partial charge on any atom is 0.222 e. The fraction of sp³-hybridized carbons (Fsp3) is 0.583. The molecule has 0 unspecified atom stereocenters. The van der Waals surface area contributed by atoms with E-state index >= 15 is 0 Å². The number of aromatic nitrogens is 3. The first kappa shape index (κ1) is 22.9. The van der Waals surface area contributed by atoms with Crippen LogP contribution >= 0.6 is 12.2 Å². The van der Waals surface area contributed by atoms with E-state index < -0.39 is 0 Å². The van der Waals surface area contributed by atoms with Crippen LogP contribution in [0.4, 0.5) is 0 Å². The number of likely N-dealkylation sites (tertiary alicyclic amines) is 2. The number of quaternary nitrogens is 1. The third-order valence-corrected chi connectivity index (χ3v) is 7.25. The lowest BCUT2D eigenvalue weighted by molar-refractivity contribution is -0.928. The van der Waals surface area contributed by atoms with Crippen molar-refractivity contribution in [3.8, 4) is 0 Å². The van der Waals surface area contributed by atoms with Crippen LogP contribution in [0.1, 0.15) is 61.6 Å². The summed E-state index contributed by atoms with van der Waals surface area (Å²) in [4.78, 5) is 28.5. The number of carbonyl (C=O) groups is 2. The topological polar surface area (TPSA) is 64.6 Å². The highest BCUT2D eigenvalue weighted by Crippen LogP contribution is 2.17. The zero-order valence-corrected chi connectivity index (χ0v) is 19.8. The van der Waals surface area contributed by atoms with E-state index in [1.54, 1.807) is 0 Å². The van der Waals surface area contributed by atoms with Crippen molar-refractivity contribution in [2.75, 3.05) is 19.6 Å². The molecule has 0 aliphatic carbocycles. The minimum Gasteiger partial charge on any atom is -0.335 e. The van der Waals surface area contributed by atoms with E-state index in [0.717, 1.165) is 74.4 Å². The van der Waals surface area contributed by atoms with Crippen molar-refractivity contribution in [1.29, 1.82) is 0 Å². The number of Topliss-reactive ketones (excluding diaryl/α,β-unsaturated/α-hetero) is 1. The van der Waals surface area contributed by atoms with Gasteiger partial charge in [-0.3, -0.25) is 9.59 Å². The average molecular weight is 457 g/mol. The van der Waals surface area contributed by atoms with Crippen LogP contribution in [0, 0.1) is 10.7 Å². The Morgan fingerprint density at radius 1 is 1.16 bits per heavy atom. The summed E-state index contributed by atoms with van der Waals surface area (Å²) in [6.07, 6.45) is 5.56. The number of rotatable bonds is 7. The Balaban J connectivity index is 1.39. The summed E-state index contributed by atoms with van der Waals surface area (Å²) in [5.41, 5.74) is 0.817. The molecular weight excluding hydrogens is 422 g/mol. The number of nitrogens with zero attached hydrogens (tertiary/aromatic N) is 4. The Hall–Kier alpha value is -2.32. The van der Waals surface area contributed by atoms with Gasteiger partial charge in [0, 0.05) is 43.8 Å². The first-order valence-corrected chi connectivity index (χ1v) is 12.3. The van der Waals surface area contributed by atoms with E-state index in [1.807, 2.05) is 39.9 Å². The van der Waals surface area contributed by atoms with Gasteiger partial charge in [-0.1, -0.05) is 36.8 Å². The van der Waals surface area contributed by atoms with Gasteiger partial charge in [-0.2, -0.15) is 9.78 Å². The molecule has 2 fully saturated rings. The highest BCUT2D eigenvalue weighted by molar-refractivity contribution is 7.71. The number of piperidine rings is 1. The van der Waals surface area contributed by atoms with Gasteiger partial charge in [-0.25, -0.2) is 0 Å². The molecule has 0 saturated carbocycles. The molecule has 2 aromatic rings. The van der Waals surface area contributed by atoms with Gasteiger partial charge in [0.25, 0.3) is 0 Å². The van der Waals surface area contributed by atoms with E-state index in [0.29, 0.717) is 19.6 Å². The number of carbonyl (C=O) groups excluding carboxylic acids is 2. The van der Waals surface area contributed by atoms with Gasteiger partial charge in [0.2, 0.25) is 10.7 Å². The van der Waals surface area contributed by atoms with Crippen molar-refractivity contribution < 1.29 is 14.5 Å². The first-order chi connectivity index (χ1) is 15.6. The largest absolute Gasteiger partial charge is 0.335 e. The number of nitrogens with one attached hydrogen (secondary N) is 1. The molecule has 4 rings (SSSR count). The molecule has 0 bridgehead atoms. The first-order valence-electron chi connectivity index (χ1n) is 11.9. The van der Waals surface area contributed by atoms with Crippen LogP contribution in [0.15, 0.2) is 30.3 Å². The fourth-order valence-corrected chi connectivity index (χ4v) is 5.24. The minimum atomic E-state index is 0.104. The SMILES string of the molecule is CCn1c(CN2CCCCCC2=O)nn(C[NH+]2CCC(C(=O)c3ccccc3)CC2)c1=S. The molecule has 2 aliphatic heterocycles. The monoisotopic (exact) mass is 456 g/mol. The Kier molecular flexibility index (Phi) is 7.52. The zero-order valence-electron chi connectivity index (χ0n) is 19.0. The summed E-state index contributed by atoms with van der Waals surface area (Å²) in [6, 6.07) is 9.62. The van der Waals surface area contributed by atoms with E-state index in [4.69, 9.17) is 17.3 Å². The molecule has 2 saturated heterocycles. The third kappa shape index (κ3) is 5.18. The lowest BCUT2D eigenvalue weighted by atomic mass is 9.89. The Morgan fingerprint density at radius 3 is 2.62 bits per heavy atom. The van der Waals surface area contributed by atoms with Gasteiger partial charge >= 0.3 is 0 Å². The van der Waals surface area contributed by atoms with Crippen molar-refractivity contribution in [3.63, 3.8) is 0 Å². The van der Waals surface area contributed by atoms with E-state index in [9.17, 15) is 9.59 Å². The number of ketones is 1. The number of benzene rings is 1. The molecule has 0 spiro atoms. The average Bonchev–Trinajstić information content (AvgIpc) is 2.96. The Morgan fingerprint density at radius 2 is 1.91 bits per heavy atom. The number of amides is 1. The standard InChI is InChI=1S/C24H33N5O2S/c1-2-28-21(17-27-14-8-4-7-11-22(27)30)25-29(24(28)32)18-26-15-12-20(13-16-26)23(31)19-9-5-3-6-10-19/h3,5-6,9-10,20H,2,4,7-8,11-18H2,1H3/p+1. The summed E-state index contributed by atoms with van der Waals surface area (Å²) >= 11 is 5.73. The number of hydrogen-bond acceptors (Lipinski definition) is 4. The maximum absolute atomic E-state index is 12.8. The van der Waals surface area contributed by atoms with Crippen molar-refractivity contribution in [2.45, 2.75) is 65.2 Å². The second-order valence-electron chi connectivity index (χ2n) is 8.98. The summed E-state index contributed by atoms with van der Waals surface area (Å²) in [5, 5.41) is 4.83. The second-order valence-corrected chi connectivity index (χ2v) is 9.35. The molecule has 1 aromatic carbocycles. The van der Waals surface area contributed by atoms with Crippen LogP contribution in [0.5, 0.6) is 0 Å². The Labute approximate surface area is 195 Å². The van der Waals surface area contributed by atoms with E-state index in [2.05, 4.69) is 11.5 Å². The van der Waals surface area contributed by atoms with Crippen LogP contribution in [0.2, 0.25) is 0 Å². The lowest BCUT2D eigenvalue weighted by Crippen LogP contribution is -3.12. The minimum absolute atomic E-state index is 0.104. The van der Waals surface area contributed by atoms with Crippen molar-refractivity contribution in [1.82, 2.24) is 19.2 Å². The zero-order chi connectivity index (χ0) is 22.5. The lowest BCUT2D eigenvalue weighted by Gasteiger charge is -2.28. The van der Waals surface area contributed by atoms with E-state index in [1.165, 1.54) is 4.90 Å². The summed E-state index contributed by atoms with van der Waals surface area (Å²) in [5.74, 6) is 1.47. The maximum atomic E-state index is 12.8. The molecule has 3 heterocycles. The normalized spacial score (nSPS) is 22.0. The van der Waals surface area contributed by atoms with Gasteiger partial charge in [-0.15, -0.1) is 0 Å². The van der Waals surface area contributed by atoms with Crippen molar-refractivity contribution in [2.24, 2.45) is 5.92 Å². The molecule has 1 amide bonds. The molecule has 8 heteroatoms. The fourth-order valence-electron chi connectivity index (χ4n) is 4.90. The molecule has 0 radical (unpaired) electrons. The molecule has 1 N–H and O–H groups in total. The number of hydrogen-bond donors (Lipinski definition) is 1. The van der Waals surface area contributed by atoms with Crippen LogP contribution in [0.3, 0.4) is 0 Å². The van der Waals surface area contributed by atoms with Gasteiger partial charge in [0.15, 0.2) is 18.3 Å². The summed E-state index contributed by atoms with van der Waals surface area (Å²) in [6.45, 7) is 6.73. The van der Waals surface area contributed by atoms with Crippen molar-refractivity contribution in [3.05, 3.63) is 46.5 Å². The van der Waals surface area contributed by atoms with Gasteiger partial charge in [0.1, 0.15) is 0 Å². The Bertz CT molecular complexity index is 992. The quantitative estimate of drug-likeness (QED) is 0.514. The predicted octanol–water partition coefficient (Wildman–Crippen LogP) is 2.47.